The van der Waals surface area contributed by atoms with Crippen LogP contribution in [-0.2, 0) is 16.1 Å². The Hall–Kier alpha value is -2.60. The third-order valence-electron chi connectivity index (χ3n) is 5.18. The molecule has 1 saturated heterocycles. The Labute approximate surface area is 161 Å². The predicted molar refractivity (Wildman–Crippen MR) is 99.2 cm³/mol. The van der Waals surface area contributed by atoms with Gasteiger partial charge in [-0.2, -0.15) is 0 Å². The molecule has 1 aromatic carbocycles. The highest BCUT2D eigenvalue weighted by molar-refractivity contribution is 6.30. The first-order valence-electron chi connectivity index (χ1n) is 8.96. The molecule has 1 aliphatic carbocycles. The van der Waals surface area contributed by atoms with Crippen LogP contribution >= 0.6 is 11.6 Å². The number of piperidine rings is 1. The fourth-order valence-corrected chi connectivity index (χ4v) is 3.91. The van der Waals surface area contributed by atoms with Crippen LogP contribution in [0.3, 0.4) is 0 Å². The van der Waals surface area contributed by atoms with E-state index in [-0.39, 0.29) is 24.2 Å². The van der Waals surface area contributed by atoms with Gasteiger partial charge in [0, 0.05) is 28.5 Å². The fourth-order valence-electron chi connectivity index (χ4n) is 3.68. The molecular formula is C20H19ClN2O4. The van der Waals surface area contributed by atoms with Gasteiger partial charge < -0.3 is 9.64 Å². The third kappa shape index (κ3) is 3.37. The normalized spacial score (nSPS) is 24.6. The van der Waals surface area contributed by atoms with Crippen LogP contribution in [0.4, 0.5) is 0 Å². The standard InChI is InChI=1S/C20H19ClN2O4/c21-15-6-2-1-4-12(15)11-27-17-7-3-5-13-14(17)10-23(20(13)26)16-8-9-18(24)22-19(16)25/h1-3,5-7,12,16H,4,8-11H2,(H,22,24,25). The van der Waals surface area contributed by atoms with E-state index < -0.39 is 11.9 Å². The summed E-state index contributed by atoms with van der Waals surface area (Å²) in [4.78, 5) is 37.9. The third-order valence-corrected chi connectivity index (χ3v) is 5.62. The lowest BCUT2D eigenvalue weighted by atomic mass is 10.0. The van der Waals surface area contributed by atoms with Crippen LogP contribution in [-0.4, -0.2) is 35.3 Å². The van der Waals surface area contributed by atoms with Crippen LogP contribution in [0.1, 0.15) is 35.2 Å². The first kappa shape index (κ1) is 17.8. The highest BCUT2D eigenvalue weighted by Gasteiger charge is 2.40. The van der Waals surface area contributed by atoms with Crippen LogP contribution in [0.15, 0.2) is 41.5 Å². The van der Waals surface area contributed by atoms with Crippen LogP contribution in [0.2, 0.25) is 0 Å². The lowest BCUT2D eigenvalue weighted by Crippen LogP contribution is -2.52. The van der Waals surface area contributed by atoms with Crippen LogP contribution in [0.25, 0.3) is 0 Å². The van der Waals surface area contributed by atoms with Crippen molar-refractivity contribution >= 4 is 29.3 Å². The number of halogens is 1. The Morgan fingerprint density at radius 3 is 2.89 bits per heavy atom. The maximum atomic E-state index is 12.8. The van der Waals surface area contributed by atoms with Gasteiger partial charge in [-0.05, 0) is 31.1 Å². The van der Waals surface area contributed by atoms with Crippen molar-refractivity contribution in [3.05, 3.63) is 52.6 Å². The van der Waals surface area contributed by atoms with Crippen LogP contribution in [0.5, 0.6) is 5.75 Å². The molecule has 1 fully saturated rings. The number of hydrogen-bond donors (Lipinski definition) is 1. The molecule has 0 aromatic heterocycles. The highest BCUT2D eigenvalue weighted by atomic mass is 35.5. The average molecular weight is 387 g/mol. The molecule has 4 rings (SSSR count). The molecule has 0 saturated carbocycles. The number of carbonyl (C=O) groups excluding carboxylic acids is 3. The van der Waals surface area contributed by atoms with Gasteiger partial charge in [0.1, 0.15) is 11.8 Å². The maximum absolute atomic E-state index is 12.8. The van der Waals surface area contributed by atoms with E-state index in [9.17, 15) is 14.4 Å². The molecule has 0 radical (unpaired) electrons. The summed E-state index contributed by atoms with van der Waals surface area (Å²) in [6, 6.07) is 4.72. The van der Waals surface area contributed by atoms with E-state index in [0.717, 1.165) is 17.0 Å². The van der Waals surface area contributed by atoms with Crippen molar-refractivity contribution in [1.29, 1.82) is 0 Å². The minimum atomic E-state index is -0.628. The van der Waals surface area contributed by atoms with Crippen molar-refractivity contribution in [3.8, 4) is 5.75 Å². The van der Waals surface area contributed by atoms with E-state index in [1.807, 2.05) is 24.3 Å². The Bertz CT molecular complexity index is 877. The number of benzene rings is 1. The molecule has 2 unspecified atom stereocenters. The second-order valence-electron chi connectivity index (χ2n) is 6.91. The molecule has 3 aliphatic rings. The van der Waals surface area contributed by atoms with E-state index in [2.05, 4.69) is 5.32 Å². The van der Waals surface area contributed by atoms with Gasteiger partial charge in [0.05, 0.1) is 13.2 Å². The monoisotopic (exact) mass is 386 g/mol. The van der Waals surface area contributed by atoms with Gasteiger partial charge in [-0.25, -0.2) is 0 Å². The first-order chi connectivity index (χ1) is 13.0. The van der Waals surface area contributed by atoms with Crippen molar-refractivity contribution in [1.82, 2.24) is 10.2 Å². The summed E-state index contributed by atoms with van der Waals surface area (Å²) in [5.74, 6) is -0.189. The number of amides is 3. The molecule has 3 amide bonds. The Morgan fingerprint density at radius 1 is 1.26 bits per heavy atom. The predicted octanol–water partition coefficient (Wildman–Crippen LogP) is 2.53. The average Bonchev–Trinajstić information content (AvgIpc) is 2.98. The van der Waals surface area contributed by atoms with E-state index in [0.29, 0.717) is 30.9 Å². The quantitative estimate of drug-likeness (QED) is 0.807. The topological polar surface area (TPSA) is 75.7 Å². The number of imide groups is 1. The summed E-state index contributed by atoms with van der Waals surface area (Å²) in [7, 11) is 0. The summed E-state index contributed by atoms with van der Waals surface area (Å²) in [6.07, 6.45) is 7.23. The van der Waals surface area contributed by atoms with Gasteiger partial charge in [-0.1, -0.05) is 29.8 Å². The van der Waals surface area contributed by atoms with Crippen LogP contribution < -0.4 is 10.1 Å². The van der Waals surface area contributed by atoms with E-state index in [1.54, 1.807) is 12.1 Å². The van der Waals surface area contributed by atoms with Crippen molar-refractivity contribution in [2.75, 3.05) is 6.61 Å². The van der Waals surface area contributed by atoms with E-state index in [1.165, 1.54) is 4.90 Å². The number of carbonyl (C=O) groups is 3. The van der Waals surface area contributed by atoms with Crippen LogP contribution in [0, 0.1) is 5.92 Å². The molecule has 2 aliphatic heterocycles. The number of nitrogens with zero attached hydrogens (tertiary/aromatic N) is 1. The molecule has 7 heteroatoms. The summed E-state index contributed by atoms with van der Waals surface area (Å²) in [6.45, 7) is 0.716. The zero-order valence-corrected chi connectivity index (χ0v) is 15.4. The maximum Gasteiger partial charge on any atom is 0.255 e. The summed E-state index contributed by atoms with van der Waals surface area (Å²) >= 11 is 6.24. The Morgan fingerprint density at radius 2 is 2.11 bits per heavy atom. The van der Waals surface area contributed by atoms with Crippen molar-refractivity contribution in [2.45, 2.75) is 31.8 Å². The summed E-state index contributed by atoms with van der Waals surface area (Å²) in [5, 5.41) is 3.07. The van der Waals surface area contributed by atoms with Gasteiger partial charge in [0.2, 0.25) is 11.8 Å². The number of nitrogens with one attached hydrogen (secondary N) is 1. The molecule has 2 heterocycles. The highest BCUT2D eigenvalue weighted by Crippen LogP contribution is 2.34. The molecule has 27 heavy (non-hydrogen) atoms. The summed E-state index contributed by atoms with van der Waals surface area (Å²) in [5.41, 5.74) is 1.32. The molecular weight excluding hydrogens is 368 g/mol. The number of fused-ring (bicyclic) bond motifs is 1. The fraction of sp³-hybridized carbons (Fsp3) is 0.350. The number of ether oxygens (including phenoxy) is 1. The Kier molecular flexibility index (Phi) is 4.74. The van der Waals surface area contributed by atoms with Crippen molar-refractivity contribution in [3.63, 3.8) is 0 Å². The van der Waals surface area contributed by atoms with Gasteiger partial charge in [0.25, 0.3) is 5.91 Å². The first-order valence-corrected chi connectivity index (χ1v) is 9.34. The Balaban J connectivity index is 1.51. The molecule has 0 spiro atoms. The number of hydrogen-bond acceptors (Lipinski definition) is 4. The van der Waals surface area contributed by atoms with Gasteiger partial charge in [-0.3, -0.25) is 19.7 Å². The smallest absolute Gasteiger partial charge is 0.255 e. The van der Waals surface area contributed by atoms with Crippen molar-refractivity contribution in [2.24, 2.45) is 5.92 Å². The minimum Gasteiger partial charge on any atom is -0.493 e. The van der Waals surface area contributed by atoms with Crippen molar-refractivity contribution < 1.29 is 19.1 Å². The minimum absolute atomic E-state index is 0.0934. The lowest BCUT2D eigenvalue weighted by molar-refractivity contribution is -0.136. The molecule has 0 bridgehead atoms. The van der Waals surface area contributed by atoms with Gasteiger partial charge in [0.15, 0.2) is 0 Å². The molecule has 2 atom stereocenters. The number of allylic oxidation sites excluding steroid dienone is 3. The second kappa shape index (κ2) is 7.19. The molecule has 1 aromatic rings. The van der Waals surface area contributed by atoms with E-state index in [4.69, 9.17) is 16.3 Å². The largest absolute Gasteiger partial charge is 0.493 e. The van der Waals surface area contributed by atoms with Gasteiger partial charge in [-0.15, -0.1) is 0 Å². The second-order valence-corrected chi connectivity index (χ2v) is 7.34. The molecule has 140 valence electrons. The zero-order chi connectivity index (χ0) is 19.0. The number of rotatable bonds is 4. The van der Waals surface area contributed by atoms with Gasteiger partial charge >= 0.3 is 0 Å². The summed E-state index contributed by atoms with van der Waals surface area (Å²) < 4.78 is 5.99. The van der Waals surface area contributed by atoms with E-state index >= 15 is 0 Å². The zero-order valence-electron chi connectivity index (χ0n) is 14.6. The lowest BCUT2D eigenvalue weighted by Gasteiger charge is -2.29. The SMILES string of the molecule is O=C1CCC(N2Cc3c(OCC4CC=CC=C4Cl)cccc3C2=O)C(=O)N1. The molecule has 1 N–H and O–H groups in total. The molecule has 6 nitrogen and oxygen atoms in total.